The van der Waals surface area contributed by atoms with Crippen LogP contribution in [0.3, 0.4) is 0 Å². The Balaban J connectivity index is 1.52. The lowest BCUT2D eigenvalue weighted by Crippen LogP contribution is -2.39. The van der Waals surface area contributed by atoms with Gasteiger partial charge in [0.1, 0.15) is 10.8 Å². The Kier molecular flexibility index (Phi) is 6.65. The molecule has 4 rings (SSSR count). The van der Waals surface area contributed by atoms with Gasteiger partial charge in [-0.25, -0.2) is 4.39 Å². The summed E-state index contributed by atoms with van der Waals surface area (Å²) in [5.41, 5.74) is 1.74. The van der Waals surface area contributed by atoms with Crippen molar-refractivity contribution in [3.05, 3.63) is 62.8 Å². The Morgan fingerprint density at radius 1 is 1.06 bits per heavy atom. The number of benzene rings is 1. The van der Waals surface area contributed by atoms with E-state index in [1.165, 1.54) is 23.1 Å². The molecule has 0 spiro atoms. The third kappa shape index (κ3) is 4.79. The maximum absolute atomic E-state index is 13.4. The number of nitrogens with one attached hydrogen (secondary N) is 1. The molecule has 1 aromatic carbocycles. The molecule has 31 heavy (non-hydrogen) atoms. The number of likely N-dealkylation sites (tertiary alicyclic amines) is 1. The van der Waals surface area contributed by atoms with Crippen LogP contribution in [0.5, 0.6) is 0 Å². The number of amides is 1. The third-order valence-electron chi connectivity index (χ3n) is 6.63. The SMILES string of the molecule is Cn1cc(C(=O)N2CCC(c3ccc(F)cc3)CC2)c(NC2CCCCC2)c(Cl)c1=O. The summed E-state index contributed by atoms with van der Waals surface area (Å²) >= 11 is 6.42. The van der Waals surface area contributed by atoms with Gasteiger partial charge < -0.3 is 14.8 Å². The third-order valence-corrected chi connectivity index (χ3v) is 6.98. The number of aryl methyl sites for hydroxylation is 1. The molecule has 2 fully saturated rings. The monoisotopic (exact) mass is 445 g/mol. The van der Waals surface area contributed by atoms with Gasteiger partial charge in [0.05, 0.1) is 11.3 Å². The van der Waals surface area contributed by atoms with Crippen LogP contribution in [0.1, 0.15) is 66.8 Å². The van der Waals surface area contributed by atoms with Crippen LogP contribution in [0.25, 0.3) is 0 Å². The van der Waals surface area contributed by atoms with Crippen molar-refractivity contribution in [1.82, 2.24) is 9.47 Å². The van der Waals surface area contributed by atoms with Crippen molar-refractivity contribution >= 4 is 23.2 Å². The second-order valence-electron chi connectivity index (χ2n) is 8.75. The zero-order valence-electron chi connectivity index (χ0n) is 17.9. The van der Waals surface area contributed by atoms with E-state index in [0.717, 1.165) is 44.1 Å². The first-order valence-corrected chi connectivity index (χ1v) is 11.5. The molecule has 0 radical (unpaired) electrons. The Morgan fingerprint density at radius 2 is 1.71 bits per heavy atom. The van der Waals surface area contributed by atoms with E-state index >= 15 is 0 Å². The fourth-order valence-electron chi connectivity index (χ4n) is 4.77. The summed E-state index contributed by atoms with van der Waals surface area (Å²) in [4.78, 5) is 27.7. The van der Waals surface area contributed by atoms with Gasteiger partial charge in [0.2, 0.25) is 0 Å². The molecule has 1 aliphatic heterocycles. The summed E-state index contributed by atoms with van der Waals surface area (Å²) in [6, 6.07) is 6.87. The number of halogens is 2. The van der Waals surface area contributed by atoms with E-state index in [9.17, 15) is 14.0 Å². The van der Waals surface area contributed by atoms with E-state index in [1.807, 2.05) is 17.0 Å². The lowest BCUT2D eigenvalue weighted by Gasteiger charge is -2.33. The average molecular weight is 446 g/mol. The van der Waals surface area contributed by atoms with Gasteiger partial charge in [-0.3, -0.25) is 9.59 Å². The largest absolute Gasteiger partial charge is 0.380 e. The molecular formula is C24H29ClFN3O2. The predicted octanol–water partition coefficient (Wildman–Crippen LogP) is 4.94. The van der Waals surface area contributed by atoms with Crippen molar-refractivity contribution in [3.63, 3.8) is 0 Å². The first kappa shape index (κ1) is 21.9. The molecule has 0 unspecified atom stereocenters. The molecule has 2 aromatic rings. The smallest absolute Gasteiger partial charge is 0.271 e. The number of aromatic nitrogens is 1. The molecule has 166 valence electrons. The molecular weight excluding hydrogens is 417 g/mol. The highest BCUT2D eigenvalue weighted by atomic mass is 35.5. The van der Waals surface area contributed by atoms with E-state index < -0.39 is 0 Å². The predicted molar refractivity (Wildman–Crippen MR) is 121 cm³/mol. The minimum absolute atomic E-state index is 0.0834. The topological polar surface area (TPSA) is 54.3 Å². The zero-order valence-corrected chi connectivity index (χ0v) is 18.6. The second kappa shape index (κ2) is 9.43. The van der Waals surface area contributed by atoms with Crippen LogP contribution in [0.4, 0.5) is 10.1 Å². The van der Waals surface area contributed by atoms with Crippen LogP contribution in [-0.4, -0.2) is 34.5 Å². The number of hydrogen-bond donors (Lipinski definition) is 1. The molecule has 2 heterocycles. The molecule has 0 bridgehead atoms. The van der Waals surface area contributed by atoms with Gasteiger partial charge in [-0.2, -0.15) is 0 Å². The molecule has 1 aliphatic carbocycles. The highest BCUT2D eigenvalue weighted by Crippen LogP contribution is 2.32. The van der Waals surface area contributed by atoms with Gasteiger partial charge in [0.25, 0.3) is 11.5 Å². The van der Waals surface area contributed by atoms with Gasteiger partial charge >= 0.3 is 0 Å². The molecule has 5 nitrogen and oxygen atoms in total. The van der Waals surface area contributed by atoms with Crippen molar-refractivity contribution in [2.45, 2.75) is 56.9 Å². The van der Waals surface area contributed by atoms with E-state index in [1.54, 1.807) is 13.2 Å². The van der Waals surface area contributed by atoms with Gasteiger partial charge in [-0.05, 0) is 49.3 Å². The summed E-state index contributed by atoms with van der Waals surface area (Å²) in [6.45, 7) is 1.23. The maximum atomic E-state index is 13.4. The quantitative estimate of drug-likeness (QED) is 0.725. The van der Waals surface area contributed by atoms with Crippen LogP contribution in [0.15, 0.2) is 35.3 Å². The Labute approximate surface area is 187 Å². The second-order valence-corrected chi connectivity index (χ2v) is 9.12. The van der Waals surface area contributed by atoms with E-state index in [2.05, 4.69) is 5.32 Å². The minimum Gasteiger partial charge on any atom is -0.380 e. The Hall–Kier alpha value is -2.34. The van der Waals surface area contributed by atoms with E-state index in [4.69, 9.17) is 11.6 Å². The number of anilines is 1. The van der Waals surface area contributed by atoms with Crippen LogP contribution in [0, 0.1) is 5.82 Å². The molecule has 0 atom stereocenters. The number of carbonyl (C=O) groups excluding carboxylic acids is 1. The highest BCUT2D eigenvalue weighted by molar-refractivity contribution is 6.34. The number of piperidine rings is 1. The van der Waals surface area contributed by atoms with Gasteiger partial charge in [-0.15, -0.1) is 0 Å². The molecule has 1 amide bonds. The molecule has 1 aromatic heterocycles. The number of carbonyl (C=O) groups is 1. The van der Waals surface area contributed by atoms with Crippen molar-refractivity contribution in [1.29, 1.82) is 0 Å². The van der Waals surface area contributed by atoms with Crippen LogP contribution in [0.2, 0.25) is 5.02 Å². The number of hydrogen-bond acceptors (Lipinski definition) is 3. The van der Waals surface area contributed by atoms with Crippen LogP contribution < -0.4 is 10.9 Å². The first-order valence-electron chi connectivity index (χ1n) is 11.1. The fourth-order valence-corrected chi connectivity index (χ4v) is 5.06. The number of pyridine rings is 1. The van der Waals surface area contributed by atoms with Crippen molar-refractivity contribution in [3.8, 4) is 0 Å². The van der Waals surface area contributed by atoms with Crippen LogP contribution in [-0.2, 0) is 7.05 Å². The standard InChI is InChI=1S/C24H29ClFN3O2/c1-28-15-20(22(21(25)24(28)31)27-19-5-3-2-4-6-19)23(30)29-13-11-17(12-14-29)16-7-9-18(26)10-8-16/h7-10,15,17,19,27H,2-6,11-14H2,1H3. The molecule has 1 saturated heterocycles. The Bertz CT molecular complexity index is 991. The van der Waals surface area contributed by atoms with Gasteiger partial charge in [0, 0.05) is 32.4 Å². The maximum Gasteiger partial charge on any atom is 0.271 e. The molecule has 7 heteroatoms. The first-order chi connectivity index (χ1) is 14.9. The zero-order chi connectivity index (χ0) is 22.0. The molecule has 1 saturated carbocycles. The normalized spacial score (nSPS) is 18.2. The number of nitrogens with zero attached hydrogens (tertiary/aromatic N) is 2. The summed E-state index contributed by atoms with van der Waals surface area (Å²) in [5, 5.41) is 3.50. The van der Waals surface area contributed by atoms with Crippen molar-refractivity contribution < 1.29 is 9.18 Å². The summed E-state index contributed by atoms with van der Waals surface area (Å²) in [7, 11) is 1.62. The fraction of sp³-hybridized carbons (Fsp3) is 0.500. The number of rotatable bonds is 4. The summed E-state index contributed by atoms with van der Waals surface area (Å²) in [5.74, 6) is -0.0255. The van der Waals surface area contributed by atoms with Gasteiger partial charge in [-0.1, -0.05) is 43.0 Å². The van der Waals surface area contributed by atoms with Crippen molar-refractivity contribution in [2.75, 3.05) is 18.4 Å². The summed E-state index contributed by atoms with van der Waals surface area (Å²) in [6.07, 6.45) is 8.78. The lowest BCUT2D eigenvalue weighted by atomic mass is 9.89. The van der Waals surface area contributed by atoms with E-state index in [-0.39, 0.29) is 28.3 Å². The van der Waals surface area contributed by atoms with Crippen molar-refractivity contribution in [2.24, 2.45) is 7.05 Å². The van der Waals surface area contributed by atoms with Crippen LogP contribution >= 0.6 is 11.6 Å². The minimum atomic E-state index is -0.299. The van der Waals surface area contributed by atoms with E-state index in [0.29, 0.717) is 30.3 Å². The molecule has 1 N–H and O–H groups in total. The van der Waals surface area contributed by atoms with Gasteiger partial charge in [0.15, 0.2) is 0 Å². The Morgan fingerprint density at radius 3 is 2.35 bits per heavy atom. The lowest BCUT2D eigenvalue weighted by molar-refractivity contribution is 0.0713. The highest BCUT2D eigenvalue weighted by Gasteiger charge is 2.29. The summed E-state index contributed by atoms with van der Waals surface area (Å²) < 4.78 is 14.6. The average Bonchev–Trinajstić information content (AvgIpc) is 2.80. The molecule has 2 aliphatic rings.